The molecule has 2 N–H and O–H groups in total. The molecule has 0 spiro atoms. The van der Waals surface area contributed by atoms with E-state index in [0.29, 0.717) is 13.2 Å². The molecule has 1 rings (SSSR count). The lowest BCUT2D eigenvalue weighted by Crippen LogP contribution is -2.45. The minimum absolute atomic E-state index is 0.119. The standard InChI is InChI=1S/C9H17NO4/c1-13-6-7(5-11)10-9(12)8-3-2-4-14-8/h7-8,11H,2-6H2,1H3,(H,10,12)/t7?,8-/m1/s1. The summed E-state index contributed by atoms with van der Waals surface area (Å²) in [4.78, 5) is 11.5. The average molecular weight is 203 g/mol. The van der Waals surface area contributed by atoms with E-state index in [4.69, 9.17) is 14.6 Å². The molecule has 2 atom stereocenters. The van der Waals surface area contributed by atoms with Crippen molar-refractivity contribution in [1.29, 1.82) is 0 Å². The molecule has 1 aliphatic rings. The Kier molecular flexibility index (Phi) is 4.86. The molecule has 1 unspecified atom stereocenters. The highest BCUT2D eigenvalue weighted by atomic mass is 16.5. The Labute approximate surface area is 83.4 Å². The summed E-state index contributed by atoms with van der Waals surface area (Å²) in [7, 11) is 1.53. The second-order valence-corrected chi connectivity index (χ2v) is 3.35. The summed E-state index contributed by atoms with van der Waals surface area (Å²) in [5, 5.41) is 11.6. The van der Waals surface area contributed by atoms with Crippen molar-refractivity contribution in [2.75, 3.05) is 26.9 Å². The second kappa shape index (κ2) is 5.95. The Morgan fingerprint density at radius 1 is 1.79 bits per heavy atom. The van der Waals surface area contributed by atoms with E-state index in [9.17, 15) is 4.79 Å². The van der Waals surface area contributed by atoms with Gasteiger partial charge in [-0.15, -0.1) is 0 Å². The Balaban J connectivity index is 2.29. The number of rotatable bonds is 5. The van der Waals surface area contributed by atoms with E-state index >= 15 is 0 Å². The lowest BCUT2D eigenvalue weighted by atomic mass is 10.2. The van der Waals surface area contributed by atoms with Gasteiger partial charge in [-0.05, 0) is 12.8 Å². The van der Waals surface area contributed by atoms with Crippen LogP contribution >= 0.6 is 0 Å². The minimum atomic E-state index is -0.346. The normalized spacial score (nSPS) is 23.4. The van der Waals surface area contributed by atoms with E-state index in [-0.39, 0.29) is 24.7 Å². The lowest BCUT2D eigenvalue weighted by Gasteiger charge is -2.17. The van der Waals surface area contributed by atoms with E-state index in [0.717, 1.165) is 12.8 Å². The van der Waals surface area contributed by atoms with E-state index in [2.05, 4.69) is 5.32 Å². The predicted molar refractivity (Wildman–Crippen MR) is 49.9 cm³/mol. The lowest BCUT2D eigenvalue weighted by molar-refractivity contribution is -0.131. The second-order valence-electron chi connectivity index (χ2n) is 3.35. The summed E-state index contributed by atoms with van der Waals surface area (Å²) in [5.41, 5.74) is 0. The smallest absolute Gasteiger partial charge is 0.249 e. The highest BCUT2D eigenvalue weighted by molar-refractivity contribution is 5.81. The fourth-order valence-electron chi connectivity index (χ4n) is 1.42. The first kappa shape index (κ1) is 11.4. The number of aliphatic hydroxyl groups is 1. The van der Waals surface area contributed by atoms with Crippen LogP contribution in [0.15, 0.2) is 0 Å². The fourth-order valence-corrected chi connectivity index (χ4v) is 1.42. The third kappa shape index (κ3) is 3.25. The molecule has 0 saturated carbocycles. The molecule has 1 fully saturated rings. The number of carbonyl (C=O) groups is 1. The van der Waals surface area contributed by atoms with Crippen molar-refractivity contribution >= 4 is 5.91 Å². The van der Waals surface area contributed by atoms with Crippen LogP contribution < -0.4 is 5.32 Å². The third-order valence-corrected chi connectivity index (χ3v) is 2.16. The number of hydrogen-bond acceptors (Lipinski definition) is 4. The Hall–Kier alpha value is -0.650. The van der Waals surface area contributed by atoms with E-state index in [1.165, 1.54) is 7.11 Å². The molecule has 1 amide bonds. The van der Waals surface area contributed by atoms with Crippen LogP contribution in [0.1, 0.15) is 12.8 Å². The number of hydrogen-bond donors (Lipinski definition) is 2. The van der Waals surface area contributed by atoms with Crippen LogP contribution in [0, 0.1) is 0 Å². The molecular weight excluding hydrogens is 186 g/mol. The molecule has 5 heteroatoms. The van der Waals surface area contributed by atoms with Gasteiger partial charge < -0.3 is 19.9 Å². The zero-order chi connectivity index (χ0) is 10.4. The molecule has 0 aromatic heterocycles. The summed E-state index contributed by atoms with van der Waals surface area (Å²) in [6.07, 6.45) is 1.34. The minimum Gasteiger partial charge on any atom is -0.394 e. The summed E-state index contributed by atoms with van der Waals surface area (Å²) in [5.74, 6) is -0.154. The zero-order valence-corrected chi connectivity index (χ0v) is 8.36. The maximum Gasteiger partial charge on any atom is 0.249 e. The van der Waals surface area contributed by atoms with E-state index in [1.807, 2.05) is 0 Å². The van der Waals surface area contributed by atoms with Crippen LogP contribution in [0.25, 0.3) is 0 Å². The van der Waals surface area contributed by atoms with Crippen molar-refractivity contribution in [2.45, 2.75) is 25.0 Å². The number of nitrogens with one attached hydrogen (secondary N) is 1. The van der Waals surface area contributed by atoms with E-state index < -0.39 is 0 Å². The molecule has 0 radical (unpaired) electrons. The summed E-state index contributed by atoms with van der Waals surface area (Å²) < 4.78 is 10.0. The van der Waals surface area contributed by atoms with Gasteiger partial charge in [0.15, 0.2) is 0 Å². The van der Waals surface area contributed by atoms with Gasteiger partial charge >= 0.3 is 0 Å². The SMILES string of the molecule is COCC(CO)NC(=O)[C@H]1CCCO1. The van der Waals surface area contributed by atoms with Crippen molar-refractivity contribution in [3.05, 3.63) is 0 Å². The molecule has 1 aliphatic heterocycles. The highest BCUT2D eigenvalue weighted by Crippen LogP contribution is 2.11. The molecule has 1 saturated heterocycles. The van der Waals surface area contributed by atoms with Crippen LogP contribution in [0.2, 0.25) is 0 Å². The zero-order valence-electron chi connectivity index (χ0n) is 8.36. The molecule has 0 aromatic carbocycles. The highest BCUT2D eigenvalue weighted by Gasteiger charge is 2.25. The molecule has 0 bridgehead atoms. The van der Waals surface area contributed by atoms with Gasteiger partial charge in [0.1, 0.15) is 6.10 Å². The first-order valence-corrected chi connectivity index (χ1v) is 4.79. The maximum absolute atomic E-state index is 11.5. The van der Waals surface area contributed by atoms with Crippen LogP contribution in [-0.2, 0) is 14.3 Å². The molecule has 0 aromatic rings. The van der Waals surface area contributed by atoms with Gasteiger partial charge in [-0.25, -0.2) is 0 Å². The number of carbonyl (C=O) groups excluding carboxylic acids is 1. The van der Waals surface area contributed by atoms with Crippen molar-refractivity contribution in [3.8, 4) is 0 Å². The van der Waals surface area contributed by atoms with Crippen molar-refractivity contribution in [1.82, 2.24) is 5.32 Å². The van der Waals surface area contributed by atoms with Crippen molar-refractivity contribution < 1.29 is 19.4 Å². The molecule has 14 heavy (non-hydrogen) atoms. The van der Waals surface area contributed by atoms with Crippen molar-refractivity contribution in [2.24, 2.45) is 0 Å². The Bertz CT molecular complexity index is 180. The third-order valence-electron chi connectivity index (χ3n) is 2.16. The average Bonchev–Trinajstić information content (AvgIpc) is 2.69. The summed E-state index contributed by atoms with van der Waals surface area (Å²) >= 11 is 0. The van der Waals surface area contributed by atoms with Gasteiger partial charge in [0, 0.05) is 13.7 Å². The van der Waals surface area contributed by atoms with Gasteiger partial charge in [0.2, 0.25) is 5.91 Å². The Morgan fingerprint density at radius 3 is 3.07 bits per heavy atom. The predicted octanol–water partition coefficient (Wildman–Crippen LogP) is -0.711. The largest absolute Gasteiger partial charge is 0.394 e. The quantitative estimate of drug-likeness (QED) is 0.619. The van der Waals surface area contributed by atoms with Crippen molar-refractivity contribution in [3.63, 3.8) is 0 Å². The van der Waals surface area contributed by atoms with Crippen LogP contribution in [0.4, 0.5) is 0 Å². The molecule has 1 heterocycles. The number of methoxy groups -OCH3 is 1. The molecule has 5 nitrogen and oxygen atoms in total. The summed E-state index contributed by atoms with van der Waals surface area (Å²) in [6.45, 7) is 0.841. The van der Waals surface area contributed by atoms with Gasteiger partial charge in [-0.2, -0.15) is 0 Å². The molecule has 0 aliphatic carbocycles. The maximum atomic E-state index is 11.5. The van der Waals surface area contributed by atoms with Gasteiger partial charge in [0.05, 0.1) is 19.3 Å². The van der Waals surface area contributed by atoms with Gasteiger partial charge in [0.25, 0.3) is 0 Å². The first-order chi connectivity index (χ1) is 6.77. The van der Waals surface area contributed by atoms with Crippen LogP contribution in [0.5, 0.6) is 0 Å². The van der Waals surface area contributed by atoms with Gasteiger partial charge in [-0.1, -0.05) is 0 Å². The topological polar surface area (TPSA) is 67.8 Å². The van der Waals surface area contributed by atoms with Crippen LogP contribution in [-0.4, -0.2) is 50.1 Å². The number of aliphatic hydroxyl groups excluding tert-OH is 1. The molecular formula is C9H17NO4. The molecule has 82 valence electrons. The fraction of sp³-hybridized carbons (Fsp3) is 0.889. The summed E-state index contributed by atoms with van der Waals surface area (Å²) in [6, 6.07) is -0.336. The first-order valence-electron chi connectivity index (χ1n) is 4.79. The van der Waals surface area contributed by atoms with Gasteiger partial charge in [-0.3, -0.25) is 4.79 Å². The van der Waals surface area contributed by atoms with Crippen LogP contribution in [0.3, 0.4) is 0 Å². The number of amides is 1. The Morgan fingerprint density at radius 2 is 2.57 bits per heavy atom. The monoisotopic (exact) mass is 203 g/mol. The van der Waals surface area contributed by atoms with E-state index in [1.54, 1.807) is 0 Å². The number of ether oxygens (including phenoxy) is 2.